The molecular weight excluding hydrogens is 191 g/mol. The lowest BCUT2D eigenvalue weighted by Crippen LogP contribution is -2.27. The lowest BCUT2D eigenvalue weighted by atomic mass is 10.2. The van der Waals surface area contributed by atoms with Crippen molar-refractivity contribution in [1.82, 2.24) is 0 Å². The average molecular weight is 208 g/mol. The van der Waals surface area contributed by atoms with Gasteiger partial charge in [-0.3, -0.25) is 0 Å². The van der Waals surface area contributed by atoms with Gasteiger partial charge in [0, 0.05) is 0 Å². The number of aliphatic hydroxyl groups excluding tert-OH is 1. The minimum absolute atomic E-state index is 0.00375. The van der Waals surface area contributed by atoms with Crippen LogP contribution >= 0.6 is 0 Å². The van der Waals surface area contributed by atoms with Crippen LogP contribution in [0.3, 0.4) is 0 Å². The van der Waals surface area contributed by atoms with Crippen LogP contribution in [0.15, 0.2) is 0 Å². The first-order valence-electron chi connectivity index (χ1n) is 4.44. The summed E-state index contributed by atoms with van der Waals surface area (Å²) in [7, 11) is -1.76. The summed E-state index contributed by atoms with van der Waals surface area (Å²) in [5, 5.41) is 25.2. The zero-order valence-electron chi connectivity index (χ0n) is 8.26. The number of hydrogen-bond acceptors (Lipinski definition) is 6. The molecule has 0 aromatic rings. The molecule has 1 atom stereocenters. The summed E-state index contributed by atoms with van der Waals surface area (Å²) in [5.41, 5.74) is 0. The van der Waals surface area contributed by atoms with E-state index in [4.69, 9.17) is 24.6 Å². The maximum Gasteiger partial charge on any atom is 0.634 e. The normalized spacial score (nSPS) is 12.9. The third-order valence-electron chi connectivity index (χ3n) is 1.31. The van der Waals surface area contributed by atoms with E-state index in [0.29, 0.717) is 19.8 Å². The fourth-order valence-electron chi connectivity index (χ4n) is 0.781. The zero-order chi connectivity index (χ0) is 10.8. The van der Waals surface area contributed by atoms with Gasteiger partial charge in [-0.15, -0.1) is 0 Å². The van der Waals surface area contributed by atoms with Crippen LogP contribution < -0.4 is 0 Å². The standard InChI is InChI=1S/C7H17BO6/c1-7(14-8(10)11)6-13-5-4-12-3-2-9/h7,9-11H,2-6H2,1H3. The third kappa shape index (κ3) is 9.91. The summed E-state index contributed by atoms with van der Waals surface area (Å²) in [6.45, 7) is 3.00. The van der Waals surface area contributed by atoms with Crippen molar-refractivity contribution >= 4 is 7.32 Å². The smallest absolute Gasteiger partial charge is 0.402 e. The van der Waals surface area contributed by atoms with E-state index in [9.17, 15) is 0 Å². The quantitative estimate of drug-likeness (QED) is 0.312. The van der Waals surface area contributed by atoms with Crippen LogP contribution in [0.5, 0.6) is 0 Å². The van der Waals surface area contributed by atoms with E-state index in [1.807, 2.05) is 0 Å². The van der Waals surface area contributed by atoms with Gasteiger partial charge in [-0.25, -0.2) is 0 Å². The number of ether oxygens (including phenoxy) is 2. The van der Waals surface area contributed by atoms with Crippen molar-refractivity contribution in [2.24, 2.45) is 0 Å². The topological polar surface area (TPSA) is 88.4 Å². The van der Waals surface area contributed by atoms with Crippen molar-refractivity contribution in [2.45, 2.75) is 13.0 Å². The average Bonchev–Trinajstić information content (AvgIpc) is 2.10. The minimum Gasteiger partial charge on any atom is -0.402 e. The second-order valence-electron chi connectivity index (χ2n) is 2.68. The Balaban J connectivity index is 3.10. The Morgan fingerprint density at radius 2 is 1.79 bits per heavy atom. The monoisotopic (exact) mass is 208 g/mol. The Bertz CT molecular complexity index is 123. The molecule has 0 heterocycles. The molecule has 0 fully saturated rings. The molecule has 0 amide bonds. The van der Waals surface area contributed by atoms with Crippen molar-refractivity contribution in [2.75, 3.05) is 33.0 Å². The highest BCUT2D eigenvalue weighted by Gasteiger charge is 2.13. The largest absolute Gasteiger partial charge is 0.634 e. The van der Waals surface area contributed by atoms with E-state index in [-0.39, 0.29) is 19.3 Å². The molecule has 14 heavy (non-hydrogen) atoms. The second-order valence-corrected chi connectivity index (χ2v) is 2.68. The van der Waals surface area contributed by atoms with Gasteiger partial charge in [0.15, 0.2) is 0 Å². The fourth-order valence-corrected chi connectivity index (χ4v) is 0.781. The Hall–Kier alpha value is -0.175. The van der Waals surface area contributed by atoms with E-state index in [0.717, 1.165) is 0 Å². The second kappa shape index (κ2) is 9.38. The van der Waals surface area contributed by atoms with Gasteiger partial charge in [-0.05, 0) is 6.92 Å². The van der Waals surface area contributed by atoms with Crippen LogP contribution in [0.1, 0.15) is 6.92 Å². The molecule has 84 valence electrons. The molecule has 0 radical (unpaired) electrons. The summed E-state index contributed by atoms with van der Waals surface area (Å²) >= 11 is 0. The predicted molar refractivity (Wildman–Crippen MR) is 49.5 cm³/mol. The van der Waals surface area contributed by atoms with Crippen LogP contribution in [0, 0.1) is 0 Å². The van der Waals surface area contributed by atoms with E-state index in [1.54, 1.807) is 6.92 Å². The SMILES string of the molecule is CC(COCCOCCO)OB(O)O. The first-order chi connectivity index (χ1) is 6.66. The lowest BCUT2D eigenvalue weighted by molar-refractivity contribution is -0.00134. The summed E-state index contributed by atoms with van der Waals surface area (Å²) in [6.07, 6.45) is -0.382. The Kier molecular flexibility index (Phi) is 9.27. The summed E-state index contributed by atoms with van der Waals surface area (Å²) < 4.78 is 14.6. The highest BCUT2D eigenvalue weighted by Crippen LogP contribution is 1.92. The number of rotatable bonds is 9. The molecule has 0 saturated heterocycles. The lowest BCUT2D eigenvalue weighted by Gasteiger charge is -2.12. The first kappa shape index (κ1) is 13.8. The molecule has 0 aliphatic rings. The first-order valence-corrected chi connectivity index (χ1v) is 4.44. The molecule has 0 rings (SSSR count). The molecule has 0 aliphatic carbocycles. The molecule has 0 aliphatic heterocycles. The molecule has 3 N–H and O–H groups in total. The van der Waals surface area contributed by atoms with Gasteiger partial charge in [0.1, 0.15) is 0 Å². The Labute approximate surface area is 83.6 Å². The van der Waals surface area contributed by atoms with Gasteiger partial charge >= 0.3 is 7.32 Å². The van der Waals surface area contributed by atoms with E-state index in [1.165, 1.54) is 0 Å². The van der Waals surface area contributed by atoms with Crippen molar-refractivity contribution < 1.29 is 29.3 Å². The van der Waals surface area contributed by atoms with Crippen LogP contribution in [-0.4, -0.2) is 61.6 Å². The van der Waals surface area contributed by atoms with E-state index < -0.39 is 7.32 Å². The van der Waals surface area contributed by atoms with Gasteiger partial charge in [0.25, 0.3) is 0 Å². The van der Waals surface area contributed by atoms with Crippen molar-refractivity contribution in [1.29, 1.82) is 0 Å². The molecule has 1 unspecified atom stereocenters. The maximum absolute atomic E-state index is 8.42. The van der Waals surface area contributed by atoms with Crippen LogP contribution in [0.2, 0.25) is 0 Å². The van der Waals surface area contributed by atoms with Gasteiger partial charge in [-0.2, -0.15) is 0 Å². The molecule has 0 saturated carbocycles. The van der Waals surface area contributed by atoms with Crippen molar-refractivity contribution in [3.63, 3.8) is 0 Å². The molecular formula is C7H17BO6. The van der Waals surface area contributed by atoms with Crippen molar-refractivity contribution in [3.8, 4) is 0 Å². The zero-order valence-corrected chi connectivity index (χ0v) is 8.26. The predicted octanol–water partition coefficient (Wildman–Crippen LogP) is -1.61. The maximum atomic E-state index is 8.42. The van der Waals surface area contributed by atoms with Crippen LogP contribution in [0.25, 0.3) is 0 Å². The number of hydrogen-bond donors (Lipinski definition) is 3. The molecule has 0 aromatic carbocycles. The molecule has 6 nitrogen and oxygen atoms in total. The van der Waals surface area contributed by atoms with Gasteiger partial charge in [0.05, 0.1) is 39.1 Å². The Morgan fingerprint density at radius 1 is 1.14 bits per heavy atom. The van der Waals surface area contributed by atoms with Gasteiger partial charge < -0.3 is 29.3 Å². The van der Waals surface area contributed by atoms with Gasteiger partial charge in [-0.1, -0.05) is 0 Å². The highest BCUT2D eigenvalue weighted by molar-refractivity contribution is 6.32. The molecule has 7 heteroatoms. The van der Waals surface area contributed by atoms with Crippen molar-refractivity contribution in [3.05, 3.63) is 0 Å². The molecule has 0 bridgehead atoms. The number of aliphatic hydroxyl groups is 1. The molecule has 0 spiro atoms. The van der Waals surface area contributed by atoms with Crippen LogP contribution in [0.4, 0.5) is 0 Å². The third-order valence-corrected chi connectivity index (χ3v) is 1.31. The summed E-state index contributed by atoms with van der Waals surface area (Å²) in [5.74, 6) is 0. The molecule has 0 aromatic heterocycles. The van der Waals surface area contributed by atoms with Gasteiger partial charge in [0.2, 0.25) is 0 Å². The highest BCUT2D eigenvalue weighted by atomic mass is 16.6. The van der Waals surface area contributed by atoms with E-state index >= 15 is 0 Å². The Morgan fingerprint density at radius 3 is 2.36 bits per heavy atom. The van der Waals surface area contributed by atoms with E-state index in [2.05, 4.69) is 4.65 Å². The summed E-state index contributed by atoms with van der Waals surface area (Å²) in [4.78, 5) is 0. The van der Waals surface area contributed by atoms with Crippen LogP contribution in [-0.2, 0) is 14.1 Å². The minimum atomic E-state index is -1.76. The summed E-state index contributed by atoms with van der Waals surface area (Å²) in [6, 6.07) is 0. The fraction of sp³-hybridized carbons (Fsp3) is 1.00.